The first kappa shape index (κ1) is 13.6. The summed E-state index contributed by atoms with van der Waals surface area (Å²) in [6, 6.07) is 9.53. The molecule has 0 bridgehead atoms. The van der Waals surface area contributed by atoms with E-state index in [9.17, 15) is 9.18 Å². The average molecular weight is 278 g/mol. The number of amides is 1. The fraction of sp³-hybridized carbons (Fsp3) is 0.133. The molecular formula is C15H13ClFNO. The van der Waals surface area contributed by atoms with E-state index in [0.717, 1.165) is 11.1 Å². The van der Waals surface area contributed by atoms with Crippen LogP contribution < -0.4 is 5.32 Å². The van der Waals surface area contributed by atoms with E-state index in [4.69, 9.17) is 11.6 Å². The summed E-state index contributed by atoms with van der Waals surface area (Å²) in [4.78, 5) is 12.0. The van der Waals surface area contributed by atoms with Crippen molar-refractivity contribution >= 4 is 23.2 Å². The summed E-state index contributed by atoms with van der Waals surface area (Å²) in [7, 11) is 0. The number of hydrogen-bond donors (Lipinski definition) is 1. The summed E-state index contributed by atoms with van der Waals surface area (Å²) in [6.07, 6.45) is 0. The molecule has 2 aromatic rings. The molecule has 19 heavy (non-hydrogen) atoms. The van der Waals surface area contributed by atoms with E-state index < -0.39 is 11.7 Å². The van der Waals surface area contributed by atoms with Crippen molar-refractivity contribution in [3.63, 3.8) is 0 Å². The van der Waals surface area contributed by atoms with Crippen LogP contribution in [0.5, 0.6) is 0 Å². The van der Waals surface area contributed by atoms with Gasteiger partial charge in [-0.15, -0.1) is 0 Å². The Morgan fingerprint density at radius 3 is 2.58 bits per heavy atom. The van der Waals surface area contributed by atoms with Crippen LogP contribution in [0.1, 0.15) is 21.5 Å². The van der Waals surface area contributed by atoms with E-state index >= 15 is 0 Å². The zero-order valence-electron chi connectivity index (χ0n) is 10.6. The fourth-order valence-corrected chi connectivity index (χ4v) is 1.99. The second-order valence-corrected chi connectivity index (χ2v) is 4.83. The first-order chi connectivity index (χ1) is 8.97. The summed E-state index contributed by atoms with van der Waals surface area (Å²) in [5.41, 5.74) is 2.63. The molecule has 0 aliphatic carbocycles. The Hall–Kier alpha value is -1.87. The highest BCUT2D eigenvalue weighted by Gasteiger charge is 2.13. The van der Waals surface area contributed by atoms with Crippen LogP contribution in [0, 0.1) is 19.7 Å². The number of hydrogen-bond acceptors (Lipinski definition) is 1. The highest BCUT2D eigenvalue weighted by Crippen LogP contribution is 2.19. The molecule has 0 aliphatic rings. The maximum atomic E-state index is 13.6. The zero-order chi connectivity index (χ0) is 14.0. The van der Waals surface area contributed by atoms with Gasteiger partial charge in [-0.05, 0) is 43.7 Å². The lowest BCUT2D eigenvalue weighted by molar-refractivity contribution is 0.102. The van der Waals surface area contributed by atoms with Crippen LogP contribution in [-0.2, 0) is 0 Å². The van der Waals surface area contributed by atoms with E-state index in [-0.39, 0.29) is 5.56 Å². The van der Waals surface area contributed by atoms with Crippen molar-refractivity contribution < 1.29 is 9.18 Å². The first-order valence-corrected chi connectivity index (χ1v) is 6.19. The molecule has 98 valence electrons. The van der Waals surface area contributed by atoms with Crippen molar-refractivity contribution in [2.75, 3.05) is 5.32 Å². The van der Waals surface area contributed by atoms with Crippen molar-refractivity contribution in [3.8, 4) is 0 Å². The van der Waals surface area contributed by atoms with Crippen LogP contribution in [0.15, 0.2) is 36.4 Å². The minimum absolute atomic E-state index is 0.0625. The number of carbonyl (C=O) groups excluding carboxylic acids is 1. The predicted octanol–water partition coefficient (Wildman–Crippen LogP) is 4.35. The number of anilines is 1. The van der Waals surface area contributed by atoms with E-state index in [2.05, 4.69) is 5.32 Å². The van der Waals surface area contributed by atoms with Gasteiger partial charge in [-0.3, -0.25) is 4.79 Å². The topological polar surface area (TPSA) is 29.1 Å². The van der Waals surface area contributed by atoms with Crippen LogP contribution >= 0.6 is 11.6 Å². The lowest BCUT2D eigenvalue weighted by Crippen LogP contribution is -2.14. The molecule has 0 aliphatic heterocycles. The Morgan fingerprint density at radius 2 is 1.89 bits per heavy atom. The third kappa shape index (κ3) is 3.12. The zero-order valence-corrected chi connectivity index (χ0v) is 11.4. The maximum absolute atomic E-state index is 13.6. The number of aryl methyl sites for hydroxylation is 2. The first-order valence-electron chi connectivity index (χ1n) is 5.81. The molecule has 0 saturated heterocycles. The minimum Gasteiger partial charge on any atom is -0.322 e. The summed E-state index contributed by atoms with van der Waals surface area (Å²) < 4.78 is 13.6. The van der Waals surface area contributed by atoms with Crippen molar-refractivity contribution in [1.82, 2.24) is 0 Å². The molecule has 0 aromatic heterocycles. The molecule has 2 nitrogen and oxygen atoms in total. The Morgan fingerprint density at radius 1 is 1.16 bits per heavy atom. The summed E-state index contributed by atoms with van der Waals surface area (Å²) in [5.74, 6) is -1.10. The van der Waals surface area contributed by atoms with E-state index in [0.29, 0.717) is 10.7 Å². The molecule has 4 heteroatoms. The van der Waals surface area contributed by atoms with Gasteiger partial charge in [-0.2, -0.15) is 0 Å². The van der Waals surface area contributed by atoms with Gasteiger partial charge in [0.05, 0.1) is 5.56 Å². The van der Waals surface area contributed by atoms with Gasteiger partial charge in [0.1, 0.15) is 5.82 Å². The van der Waals surface area contributed by atoms with E-state index in [1.165, 1.54) is 18.2 Å². The standard InChI is InChI=1S/C15H13ClFNO/c1-9-3-6-14(10(2)7-9)18-15(19)12-8-11(16)4-5-13(12)17/h3-8H,1-2H3,(H,18,19). The molecule has 0 saturated carbocycles. The summed E-state index contributed by atoms with van der Waals surface area (Å²) in [6.45, 7) is 3.85. The average Bonchev–Trinajstić information content (AvgIpc) is 2.35. The van der Waals surface area contributed by atoms with Gasteiger partial charge in [-0.1, -0.05) is 29.3 Å². The quantitative estimate of drug-likeness (QED) is 0.869. The second kappa shape index (κ2) is 5.41. The lowest BCUT2D eigenvalue weighted by atomic mass is 10.1. The number of rotatable bonds is 2. The fourth-order valence-electron chi connectivity index (χ4n) is 1.81. The molecule has 2 rings (SSSR count). The second-order valence-electron chi connectivity index (χ2n) is 4.40. The third-order valence-corrected chi connectivity index (χ3v) is 3.04. The Bertz CT molecular complexity index is 640. The van der Waals surface area contributed by atoms with E-state index in [1.54, 1.807) is 6.07 Å². The molecule has 2 aromatic carbocycles. The monoisotopic (exact) mass is 277 g/mol. The predicted molar refractivity (Wildman–Crippen MR) is 75.3 cm³/mol. The normalized spacial score (nSPS) is 10.3. The van der Waals surface area contributed by atoms with Crippen molar-refractivity contribution in [3.05, 3.63) is 63.9 Å². The van der Waals surface area contributed by atoms with Crippen LogP contribution in [0.25, 0.3) is 0 Å². The minimum atomic E-state index is -0.591. The summed E-state index contributed by atoms with van der Waals surface area (Å²) >= 11 is 5.77. The van der Waals surface area contributed by atoms with Gasteiger partial charge in [0, 0.05) is 10.7 Å². The van der Waals surface area contributed by atoms with Crippen LogP contribution in [0.3, 0.4) is 0 Å². The van der Waals surface area contributed by atoms with Crippen LogP contribution in [0.4, 0.5) is 10.1 Å². The molecule has 0 unspecified atom stereocenters. The van der Waals surface area contributed by atoms with Gasteiger partial charge in [-0.25, -0.2) is 4.39 Å². The molecular weight excluding hydrogens is 265 g/mol. The largest absolute Gasteiger partial charge is 0.322 e. The van der Waals surface area contributed by atoms with Crippen molar-refractivity contribution in [2.24, 2.45) is 0 Å². The smallest absolute Gasteiger partial charge is 0.258 e. The number of carbonyl (C=O) groups is 1. The van der Waals surface area contributed by atoms with Gasteiger partial charge >= 0.3 is 0 Å². The molecule has 1 amide bonds. The van der Waals surface area contributed by atoms with Gasteiger partial charge in [0.15, 0.2) is 0 Å². The third-order valence-electron chi connectivity index (χ3n) is 2.80. The summed E-state index contributed by atoms with van der Waals surface area (Å²) in [5, 5.41) is 3.01. The number of benzene rings is 2. The SMILES string of the molecule is Cc1ccc(NC(=O)c2cc(Cl)ccc2F)c(C)c1. The van der Waals surface area contributed by atoms with Crippen molar-refractivity contribution in [2.45, 2.75) is 13.8 Å². The molecule has 0 spiro atoms. The van der Waals surface area contributed by atoms with Crippen LogP contribution in [0.2, 0.25) is 5.02 Å². The Kier molecular flexibility index (Phi) is 3.86. The molecule has 1 N–H and O–H groups in total. The maximum Gasteiger partial charge on any atom is 0.258 e. The van der Waals surface area contributed by atoms with E-state index in [1.807, 2.05) is 26.0 Å². The Labute approximate surface area is 116 Å². The molecule has 0 atom stereocenters. The van der Waals surface area contributed by atoms with Gasteiger partial charge in [0.2, 0.25) is 0 Å². The Balaban J connectivity index is 2.28. The molecule has 0 radical (unpaired) electrons. The van der Waals surface area contributed by atoms with Gasteiger partial charge < -0.3 is 5.32 Å². The molecule has 0 fully saturated rings. The number of halogens is 2. The molecule has 0 heterocycles. The lowest BCUT2D eigenvalue weighted by Gasteiger charge is -2.10. The highest BCUT2D eigenvalue weighted by molar-refractivity contribution is 6.31. The highest BCUT2D eigenvalue weighted by atomic mass is 35.5. The van der Waals surface area contributed by atoms with Crippen molar-refractivity contribution in [1.29, 1.82) is 0 Å². The van der Waals surface area contributed by atoms with Crippen LogP contribution in [-0.4, -0.2) is 5.91 Å². The van der Waals surface area contributed by atoms with Gasteiger partial charge in [0.25, 0.3) is 5.91 Å². The number of nitrogens with one attached hydrogen (secondary N) is 1.